The highest BCUT2D eigenvalue weighted by atomic mass is 32.2. The SMILES string of the molecule is COc1cccc(S(=O)(=O)N2CCN3C(=O)CC[C@@H]3C2)c1. The van der Waals surface area contributed by atoms with Crippen LogP contribution < -0.4 is 4.74 Å². The zero-order valence-electron chi connectivity index (χ0n) is 11.9. The van der Waals surface area contributed by atoms with Crippen molar-refractivity contribution in [3.63, 3.8) is 0 Å². The maximum absolute atomic E-state index is 12.7. The lowest BCUT2D eigenvalue weighted by molar-refractivity contribution is -0.130. The molecule has 114 valence electrons. The number of hydrogen-bond acceptors (Lipinski definition) is 4. The summed E-state index contributed by atoms with van der Waals surface area (Å²) in [4.78, 5) is 13.7. The van der Waals surface area contributed by atoms with Crippen LogP contribution >= 0.6 is 0 Å². The van der Waals surface area contributed by atoms with Gasteiger partial charge in [0.2, 0.25) is 15.9 Å². The molecule has 1 amide bonds. The maximum Gasteiger partial charge on any atom is 0.243 e. The Labute approximate surface area is 124 Å². The zero-order valence-corrected chi connectivity index (χ0v) is 12.7. The fourth-order valence-electron chi connectivity index (χ4n) is 2.96. The predicted octanol–water partition coefficient (Wildman–Crippen LogP) is 0.690. The number of rotatable bonds is 3. The third-order valence-corrected chi connectivity index (χ3v) is 6.00. The molecular weight excluding hydrogens is 292 g/mol. The summed E-state index contributed by atoms with van der Waals surface area (Å²) in [5.41, 5.74) is 0. The molecule has 0 aromatic heterocycles. The Morgan fingerprint density at radius 3 is 2.86 bits per heavy atom. The summed E-state index contributed by atoms with van der Waals surface area (Å²) in [6.45, 7) is 1.21. The lowest BCUT2D eigenvalue weighted by Gasteiger charge is -2.36. The van der Waals surface area contributed by atoms with Gasteiger partial charge in [-0.15, -0.1) is 0 Å². The highest BCUT2D eigenvalue weighted by Crippen LogP contribution is 2.27. The Balaban J connectivity index is 1.84. The minimum atomic E-state index is -3.54. The molecule has 2 aliphatic rings. The summed E-state index contributed by atoms with van der Waals surface area (Å²) >= 11 is 0. The summed E-state index contributed by atoms with van der Waals surface area (Å²) in [7, 11) is -2.03. The van der Waals surface area contributed by atoms with Gasteiger partial charge in [-0.05, 0) is 18.6 Å². The van der Waals surface area contributed by atoms with Crippen LogP contribution in [0, 0.1) is 0 Å². The van der Waals surface area contributed by atoms with Crippen molar-refractivity contribution in [2.24, 2.45) is 0 Å². The van der Waals surface area contributed by atoms with Gasteiger partial charge in [-0.3, -0.25) is 4.79 Å². The van der Waals surface area contributed by atoms with E-state index in [1.807, 2.05) is 0 Å². The average Bonchev–Trinajstić information content (AvgIpc) is 2.88. The number of fused-ring (bicyclic) bond motifs is 1. The first-order chi connectivity index (χ1) is 10.0. The molecule has 2 fully saturated rings. The molecule has 2 saturated heterocycles. The van der Waals surface area contributed by atoms with Gasteiger partial charge in [0.15, 0.2) is 0 Å². The van der Waals surface area contributed by atoms with Gasteiger partial charge in [-0.25, -0.2) is 8.42 Å². The quantitative estimate of drug-likeness (QED) is 0.824. The molecule has 0 N–H and O–H groups in total. The van der Waals surface area contributed by atoms with Crippen molar-refractivity contribution >= 4 is 15.9 Å². The van der Waals surface area contributed by atoms with Crippen LogP contribution in [0.15, 0.2) is 29.2 Å². The smallest absolute Gasteiger partial charge is 0.243 e. The third-order valence-electron chi connectivity index (χ3n) is 4.14. The topological polar surface area (TPSA) is 66.9 Å². The standard InChI is InChI=1S/C14H18N2O4S/c1-20-12-3-2-4-13(9-12)21(18,19)15-7-8-16-11(10-15)5-6-14(16)17/h2-4,9,11H,5-8,10H2,1H3/t11-/m1/s1. The van der Waals surface area contributed by atoms with Gasteiger partial charge in [-0.2, -0.15) is 4.31 Å². The molecule has 0 bridgehead atoms. The van der Waals surface area contributed by atoms with Crippen molar-refractivity contribution < 1.29 is 17.9 Å². The number of piperazine rings is 1. The first-order valence-electron chi connectivity index (χ1n) is 6.96. The molecule has 0 aliphatic carbocycles. The number of carbonyl (C=O) groups excluding carboxylic acids is 1. The summed E-state index contributed by atoms with van der Waals surface area (Å²) in [5, 5.41) is 0. The molecule has 2 aliphatic heterocycles. The number of benzene rings is 1. The highest BCUT2D eigenvalue weighted by molar-refractivity contribution is 7.89. The lowest BCUT2D eigenvalue weighted by atomic mass is 10.2. The van der Waals surface area contributed by atoms with Crippen LogP contribution in [0.25, 0.3) is 0 Å². The second-order valence-electron chi connectivity index (χ2n) is 5.32. The van der Waals surface area contributed by atoms with Crippen LogP contribution in [-0.4, -0.2) is 56.3 Å². The van der Waals surface area contributed by atoms with E-state index in [1.165, 1.54) is 17.5 Å². The van der Waals surface area contributed by atoms with Crippen LogP contribution in [0.4, 0.5) is 0 Å². The van der Waals surface area contributed by atoms with Gasteiger partial charge < -0.3 is 9.64 Å². The average molecular weight is 310 g/mol. The van der Waals surface area contributed by atoms with Gasteiger partial charge in [0.1, 0.15) is 5.75 Å². The molecule has 1 aromatic carbocycles. The van der Waals surface area contributed by atoms with E-state index in [0.29, 0.717) is 31.8 Å². The van der Waals surface area contributed by atoms with Crippen LogP contribution in [0.2, 0.25) is 0 Å². The van der Waals surface area contributed by atoms with Crippen molar-refractivity contribution in [2.75, 3.05) is 26.7 Å². The van der Waals surface area contributed by atoms with Crippen LogP contribution in [-0.2, 0) is 14.8 Å². The Bertz CT molecular complexity index is 659. The van der Waals surface area contributed by atoms with E-state index in [2.05, 4.69) is 0 Å². The van der Waals surface area contributed by atoms with E-state index in [0.717, 1.165) is 6.42 Å². The summed E-state index contributed by atoms with van der Waals surface area (Å²) in [6.07, 6.45) is 1.26. The van der Waals surface area contributed by atoms with Crippen molar-refractivity contribution in [3.05, 3.63) is 24.3 Å². The Morgan fingerprint density at radius 1 is 1.29 bits per heavy atom. The molecule has 6 nitrogen and oxygen atoms in total. The molecule has 21 heavy (non-hydrogen) atoms. The highest BCUT2D eigenvalue weighted by Gasteiger charge is 2.39. The minimum Gasteiger partial charge on any atom is -0.497 e. The number of ether oxygens (including phenoxy) is 1. The lowest BCUT2D eigenvalue weighted by Crippen LogP contribution is -2.53. The second-order valence-corrected chi connectivity index (χ2v) is 7.26. The molecule has 1 aromatic rings. The second kappa shape index (κ2) is 5.31. The molecule has 7 heteroatoms. The first-order valence-corrected chi connectivity index (χ1v) is 8.40. The fraction of sp³-hybridized carbons (Fsp3) is 0.500. The Hall–Kier alpha value is -1.60. The Kier molecular flexibility index (Phi) is 3.62. The number of amides is 1. The molecule has 0 unspecified atom stereocenters. The molecule has 3 rings (SSSR count). The molecule has 2 heterocycles. The fourth-order valence-corrected chi connectivity index (χ4v) is 4.47. The molecule has 0 spiro atoms. The summed E-state index contributed by atoms with van der Waals surface area (Å²) in [6, 6.07) is 6.51. The van der Waals surface area contributed by atoms with Gasteiger partial charge in [0.25, 0.3) is 0 Å². The van der Waals surface area contributed by atoms with E-state index in [1.54, 1.807) is 23.1 Å². The third kappa shape index (κ3) is 2.51. The van der Waals surface area contributed by atoms with Crippen molar-refractivity contribution in [3.8, 4) is 5.75 Å². The number of carbonyl (C=O) groups is 1. The number of hydrogen-bond donors (Lipinski definition) is 0. The zero-order chi connectivity index (χ0) is 15.0. The molecular formula is C14H18N2O4S. The summed E-state index contributed by atoms with van der Waals surface area (Å²) < 4.78 is 31.9. The summed E-state index contributed by atoms with van der Waals surface area (Å²) in [5.74, 6) is 0.657. The van der Waals surface area contributed by atoms with E-state index < -0.39 is 10.0 Å². The minimum absolute atomic E-state index is 0.0200. The van der Waals surface area contributed by atoms with Crippen LogP contribution in [0.5, 0.6) is 5.75 Å². The van der Waals surface area contributed by atoms with E-state index in [9.17, 15) is 13.2 Å². The largest absolute Gasteiger partial charge is 0.497 e. The number of nitrogens with zero attached hydrogens (tertiary/aromatic N) is 2. The van der Waals surface area contributed by atoms with E-state index in [4.69, 9.17) is 4.74 Å². The maximum atomic E-state index is 12.7. The monoisotopic (exact) mass is 310 g/mol. The van der Waals surface area contributed by atoms with Crippen molar-refractivity contribution in [1.29, 1.82) is 0 Å². The van der Waals surface area contributed by atoms with E-state index in [-0.39, 0.29) is 16.8 Å². The molecule has 1 atom stereocenters. The first kappa shape index (κ1) is 14.3. The van der Waals surface area contributed by atoms with Gasteiger partial charge in [-0.1, -0.05) is 6.07 Å². The Morgan fingerprint density at radius 2 is 2.10 bits per heavy atom. The normalized spacial score (nSPS) is 23.2. The van der Waals surface area contributed by atoms with Crippen LogP contribution in [0.3, 0.4) is 0 Å². The van der Waals surface area contributed by atoms with Gasteiger partial charge in [0, 0.05) is 38.2 Å². The number of methoxy groups -OCH3 is 1. The van der Waals surface area contributed by atoms with Crippen LogP contribution in [0.1, 0.15) is 12.8 Å². The van der Waals surface area contributed by atoms with E-state index >= 15 is 0 Å². The van der Waals surface area contributed by atoms with Gasteiger partial charge in [0.05, 0.1) is 12.0 Å². The predicted molar refractivity (Wildman–Crippen MR) is 76.5 cm³/mol. The molecule has 0 radical (unpaired) electrons. The number of sulfonamides is 1. The van der Waals surface area contributed by atoms with Crippen molar-refractivity contribution in [2.45, 2.75) is 23.8 Å². The molecule has 0 saturated carbocycles. The van der Waals surface area contributed by atoms with Crippen molar-refractivity contribution in [1.82, 2.24) is 9.21 Å². The van der Waals surface area contributed by atoms with Gasteiger partial charge >= 0.3 is 0 Å².